The van der Waals surface area contributed by atoms with Crippen molar-refractivity contribution in [2.24, 2.45) is 0 Å². The molecule has 0 amide bonds. The van der Waals surface area contributed by atoms with Gasteiger partial charge in [0.05, 0.1) is 0 Å². The van der Waals surface area contributed by atoms with Crippen LogP contribution in [-0.2, 0) is 23.9 Å². The van der Waals surface area contributed by atoms with E-state index in [4.69, 9.17) is 0 Å². The first-order valence-electron chi connectivity index (χ1n) is 19.7. The molecule has 0 saturated carbocycles. The van der Waals surface area contributed by atoms with E-state index in [9.17, 15) is 14.7 Å². The van der Waals surface area contributed by atoms with Crippen molar-refractivity contribution < 1.29 is 5.11 Å². The zero-order chi connectivity index (χ0) is 39.2. The first kappa shape index (κ1) is 37.7. The van der Waals surface area contributed by atoms with Crippen LogP contribution < -0.4 is 21.5 Å². The van der Waals surface area contributed by atoms with E-state index in [1.54, 1.807) is 6.92 Å². The molecule has 2 N–H and O–H groups in total. The molecule has 0 radical (unpaired) electrons. The lowest BCUT2D eigenvalue weighted by Gasteiger charge is -2.29. The van der Waals surface area contributed by atoms with Crippen molar-refractivity contribution in [1.82, 2.24) is 9.13 Å². The van der Waals surface area contributed by atoms with Crippen LogP contribution in [-0.4, -0.2) is 28.3 Å². The van der Waals surface area contributed by atoms with Crippen molar-refractivity contribution in [3.63, 3.8) is 0 Å². The van der Waals surface area contributed by atoms with Crippen LogP contribution in [0.4, 0.5) is 11.4 Å². The van der Waals surface area contributed by atoms with Gasteiger partial charge in [0, 0.05) is 49.7 Å². The Morgan fingerprint density at radius 1 is 0.855 bits per heavy atom. The molecular weight excluding hydrogens is 681 g/mol. The number of allylic oxidation sites excluding steroid dienone is 8. The zero-order valence-corrected chi connectivity index (χ0v) is 33.6. The number of nitrogens with one attached hydrogen (secondary N) is 1. The van der Waals surface area contributed by atoms with Gasteiger partial charge in [0.1, 0.15) is 5.56 Å². The van der Waals surface area contributed by atoms with E-state index in [0.29, 0.717) is 0 Å². The lowest BCUT2D eigenvalue weighted by atomic mass is 9.77. The van der Waals surface area contributed by atoms with Gasteiger partial charge in [0.2, 0.25) is 5.88 Å². The largest absolute Gasteiger partial charge is 0.494 e. The lowest BCUT2D eigenvalue weighted by molar-refractivity contribution is 0.393. The van der Waals surface area contributed by atoms with Crippen molar-refractivity contribution in [2.45, 2.75) is 91.1 Å². The van der Waals surface area contributed by atoms with E-state index in [-0.39, 0.29) is 35.4 Å². The molecule has 1 aliphatic heterocycles. The monoisotopic (exact) mass is 734 g/mol. The molecule has 4 aromatic carbocycles. The van der Waals surface area contributed by atoms with Gasteiger partial charge >= 0.3 is 5.69 Å². The van der Waals surface area contributed by atoms with Crippen LogP contribution >= 0.6 is 0 Å². The number of rotatable bonds is 9. The molecule has 2 aliphatic rings. The number of nitrogens with zero attached hydrogens (tertiary/aromatic N) is 3. The summed E-state index contributed by atoms with van der Waals surface area (Å²) in [6, 6.07) is 25.8. The highest BCUT2D eigenvalue weighted by Crippen LogP contribution is 2.50. The summed E-state index contributed by atoms with van der Waals surface area (Å²) in [6.07, 6.45) is 11.9. The second-order valence-electron chi connectivity index (χ2n) is 16.1. The van der Waals surface area contributed by atoms with Gasteiger partial charge in [-0.25, -0.2) is 4.79 Å². The SMILES string of the molecule is CCn1c(O)c(C2=C(C=CCC(C)(C)c3c(NC)ccc4ccccc34)CCCC2=CC=C2N(C)c3ccc4ccccc4c3C2(C)C)c(=O)n(CC)c1=O. The molecule has 0 atom stereocenters. The molecule has 284 valence electrons. The summed E-state index contributed by atoms with van der Waals surface area (Å²) < 4.78 is 2.56. The fourth-order valence-corrected chi connectivity index (χ4v) is 9.23. The minimum Gasteiger partial charge on any atom is -0.494 e. The maximum Gasteiger partial charge on any atom is 0.333 e. The predicted octanol–water partition coefficient (Wildman–Crippen LogP) is 10.2. The third-order valence-electron chi connectivity index (χ3n) is 12.0. The van der Waals surface area contributed by atoms with Gasteiger partial charge in [-0.2, -0.15) is 0 Å². The first-order chi connectivity index (χ1) is 26.3. The Morgan fingerprint density at radius 3 is 2.20 bits per heavy atom. The van der Waals surface area contributed by atoms with Crippen molar-refractivity contribution >= 4 is 38.5 Å². The molecule has 0 spiro atoms. The average Bonchev–Trinajstić information content (AvgIpc) is 3.37. The van der Waals surface area contributed by atoms with Gasteiger partial charge in [-0.05, 0) is 113 Å². The highest BCUT2D eigenvalue weighted by atomic mass is 16.3. The third-order valence-corrected chi connectivity index (χ3v) is 12.0. The van der Waals surface area contributed by atoms with E-state index < -0.39 is 11.2 Å². The summed E-state index contributed by atoms with van der Waals surface area (Å²) in [4.78, 5) is 29.9. The second-order valence-corrected chi connectivity index (χ2v) is 16.1. The van der Waals surface area contributed by atoms with Gasteiger partial charge < -0.3 is 15.3 Å². The maximum absolute atomic E-state index is 14.3. The minimum atomic E-state index is -0.492. The third kappa shape index (κ3) is 6.33. The predicted molar refractivity (Wildman–Crippen MR) is 231 cm³/mol. The van der Waals surface area contributed by atoms with Gasteiger partial charge in [-0.3, -0.25) is 13.9 Å². The fraction of sp³-hybridized carbons (Fsp3) is 0.333. The number of aromatic hydroxyl groups is 1. The van der Waals surface area contributed by atoms with Gasteiger partial charge in [0.25, 0.3) is 5.56 Å². The smallest absolute Gasteiger partial charge is 0.333 e. The number of hydrogen-bond acceptors (Lipinski definition) is 5. The number of fused-ring (bicyclic) bond motifs is 4. The lowest BCUT2D eigenvalue weighted by Crippen LogP contribution is -2.41. The topological polar surface area (TPSA) is 79.5 Å². The van der Waals surface area contributed by atoms with E-state index >= 15 is 0 Å². The molecule has 5 aromatic rings. The molecule has 7 rings (SSSR count). The second kappa shape index (κ2) is 14.6. The number of benzene rings is 4. The highest BCUT2D eigenvalue weighted by Gasteiger charge is 2.39. The molecule has 1 aliphatic carbocycles. The van der Waals surface area contributed by atoms with Crippen molar-refractivity contribution in [2.75, 3.05) is 24.3 Å². The number of anilines is 2. The minimum absolute atomic E-state index is 0.200. The molecular formula is C48H54N4O3. The molecule has 0 unspecified atom stereocenters. The van der Waals surface area contributed by atoms with Crippen molar-refractivity contribution in [3.8, 4) is 5.88 Å². The summed E-state index contributed by atoms with van der Waals surface area (Å²) in [6.45, 7) is 13.2. The average molecular weight is 735 g/mol. The summed E-state index contributed by atoms with van der Waals surface area (Å²) in [5, 5.41) is 20.1. The molecule has 0 fully saturated rings. The van der Waals surface area contributed by atoms with Gasteiger partial charge in [-0.1, -0.05) is 107 Å². The summed E-state index contributed by atoms with van der Waals surface area (Å²) in [7, 11) is 4.09. The molecule has 7 heteroatoms. The fourth-order valence-electron chi connectivity index (χ4n) is 9.23. The van der Waals surface area contributed by atoms with Crippen LogP contribution in [0.3, 0.4) is 0 Å². The summed E-state index contributed by atoms with van der Waals surface area (Å²) in [5.74, 6) is -0.268. The Hall–Kier alpha value is -5.56. The van der Waals surface area contributed by atoms with E-state index in [1.165, 1.54) is 47.5 Å². The van der Waals surface area contributed by atoms with Gasteiger partial charge in [0.15, 0.2) is 0 Å². The summed E-state index contributed by atoms with van der Waals surface area (Å²) in [5.41, 5.74) is 7.45. The van der Waals surface area contributed by atoms with E-state index in [0.717, 1.165) is 53.8 Å². The van der Waals surface area contributed by atoms with Crippen molar-refractivity contribution in [3.05, 3.63) is 151 Å². The molecule has 2 heterocycles. The molecule has 1 aromatic heterocycles. The standard InChI is InChI=1S/C48H54N4O3/c1-9-51-44(53)41(45(54)52(10-2)46(51)55)40-33(21-16-30-47(3,4)42-35-22-13-11-17-31(35)24-27-37(42)49-7)19-15-20-34(40)26-29-39-48(5,6)43-36-23-14-12-18-32(36)25-28-38(43)50(39)8/h11-14,16-18,21-29,49,53H,9-10,15,19-20,30H2,1-8H3. The molecule has 0 saturated heterocycles. The Bertz CT molecular complexity index is 2580. The van der Waals surface area contributed by atoms with Crippen molar-refractivity contribution in [1.29, 1.82) is 0 Å². The molecule has 7 nitrogen and oxygen atoms in total. The Morgan fingerprint density at radius 2 is 1.51 bits per heavy atom. The van der Waals surface area contributed by atoms with Crippen LogP contribution in [0.1, 0.15) is 83.9 Å². The van der Waals surface area contributed by atoms with E-state index in [2.05, 4.69) is 142 Å². The van der Waals surface area contributed by atoms with Crippen LogP contribution in [0.2, 0.25) is 0 Å². The summed E-state index contributed by atoms with van der Waals surface area (Å²) >= 11 is 0. The first-order valence-corrected chi connectivity index (χ1v) is 19.7. The van der Waals surface area contributed by atoms with Crippen LogP contribution in [0.5, 0.6) is 5.88 Å². The van der Waals surface area contributed by atoms with Crippen LogP contribution in [0.15, 0.2) is 124 Å². The van der Waals surface area contributed by atoms with Gasteiger partial charge in [-0.15, -0.1) is 0 Å². The zero-order valence-electron chi connectivity index (χ0n) is 33.6. The maximum atomic E-state index is 14.3. The number of hydrogen-bond donors (Lipinski definition) is 2. The highest BCUT2D eigenvalue weighted by molar-refractivity contribution is 5.95. The molecule has 55 heavy (non-hydrogen) atoms. The van der Waals surface area contributed by atoms with Crippen LogP contribution in [0.25, 0.3) is 27.1 Å². The van der Waals surface area contributed by atoms with Crippen LogP contribution in [0, 0.1) is 0 Å². The normalized spacial score (nSPS) is 17.3. The number of aromatic nitrogens is 2. The quantitative estimate of drug-likeness (QED) is 0.158. The Balaban J connectivity index is 1.38. The van der Waals surface area contributed by atoms with E-state index in [1.807, 2.05) is 14.0 Å². The molecule has 0 bridgehead atoms. The number of likely N-dealkylation sites (N-methyl/N-ethyl adjacent to an activating group) is 1. The Kier molecular flexibility index (Phi) is 10.0. The Labute approximate surface area is 324 Å².